The number of hydrogen-bond acceptors (Lipinski definition) is 6. The molecule has 0 radical (unpaired) electrons. The zero-order valence-corrected chi connectivity index (χ0v) is 12.5. The molecule has 7 heteroatoms. The van der Waals surface area contributed by atoms with Gasteiger partial charge in [0.1, 0.15) is 5.76 Å². The van der Waals surface area contributed by atoms with Crippen LogP contribution in [0.3, 0.4) is 0 Å². The molecule has 0 spiro atoms. The third kappa shape index (κ3) is 3.08. The summed E-state index contributed by atoms with van der Waals surface area (Å²) in [7, 11) is 0. The maximum Gasteiger partial charge on any atom is 0.273 e. The second-order valence-electron chi connectivity index (χ2n) is 5.29. The quantitative estimate of drug-likeness (QED) is 0.919. The first-order valence-corrected chi connectivity index (χ1v) is 7.53. The molecule has 3 rings (SSSR count). The molecule has 1 atom stereocenters. The molecule has 2 aromatic heterocycles. The van der Waals surface area contributed by atoms with E-state index in [4.69, 9.17) is 4.42 Å². The second-order valence-corrected chi connectivity index (χ2v) is 5.29. The molecule has 7 nitrogen and oxygen atoms in total. The monoisotopic (exact) mass is 301 g/mol. The van der Waals surface area contributed by atoms with Crippen molar-refractivity contribution in [1.29, 1.82) is 0 Å². The number of rotatable bonds is 4. The minimum atomic E-state index is -0.175. The fourth-order valence-corrected chi connectivity index (χ4v) is 2.69. The van der Waals surface area contributed by atoms with Gasteiger partial charge in [-0.25, -0.2) is 15.0 Å². The topological polar surface area (TPSA) is 84.2 Å². The van der Waals surface area contributed by atoms with Crippen molar-refractivity contribution in [3.05, 3.63) is 36.3 Å². The summed E-state index contributed by atoms with van der Waals surface area (Å²) in [5.74, 6) is 1.15. The van der Waals surface area contributed by atoms with E-state index >= 15 is 0 Å². The smallest absolute Gasteiger partial charge is 0.273 e. The Morgan fingerprint density at radius 3 is 3.00 bits per heavy atom. The third-order valence-electron chi connectivity index (χ3n) is 3.77. The van der Waals surface area contributed by atoms with Crippen LogP contribution >= 0.6 is 0 Å². The van der Waals surface area contributed by atoms with E-state index in [1.807, 2.05) is 6.92 Å². The van der Waals surface area contributed by atoms with E-state index in [2.05, 4.69) is 25.2 Å². The van der Waals surface area contributed by atoms with Gasteiger partial charge in [0.15, 0.2) is 12.1 Å². The Morgan fingerprint density at radius 1 is 1.41 bits per heavy atom. The van der Waals surface area contributed by atoms with Gasteiger partial charge >= 0.3 is 0 Å². The van der Waals surface area contributed by atoms with Crippen LogP contribution in [-0.2, 0) is 6.42 Å². The molecule has 0 saturated carbocycles. The summed E-state index contributed by atoms with van der Waals surface area (Å²) in [5.41, 5.74) is 0.385. The van der Waals surface area contributed by atoms with Crippen LogP contribution in [0.5, 0.6) is 0 Å². The average Bonchev–Trinajstić information content (AvgIpc) is 3.05. The van der Waals surface area contributed by atoms with Crippen LogP contribution in [0.25, 0.3) is 0 Å². The summed E-state index contributed by atoms with van der Waals surface area (Å²) < 4.78 is 5.21. The van der Waals surface area contributed by atoms with E-state index in [0.29, 0.717) is 30.4 Å². The molecule has 1 saturated heterocycles. The van der Waals surface area contributed by atoms with Crippen molar-refractivity contribution in [1.82, 2.24) is 20.3 Å². The van der Waals surface area contributed by atoms with Crippen molar-refractivity contribution < 1.29 is 9.21 Å². The third-order valence-corrected chi connectivity index (χ3v) is 3.77. The van der Waals surface area contributed by atoms with Crippen LogP contribution in [0, 0.1) is 0 Å². The predicted molar refractivity (Wildman–Crippen MR) is 80.6 cm³/mol. The number of carbonyl (C=O) groups is 1. The minimum absolute atomic E-state index is 0.0615. The highest BCUT2D eigenvalue weighted by Crippen LogP contribution is 2.16. The van der Waals surface area contributed by atoms with Gasteiger partial charge in [-0.15, -0.1) is 0 Å². The van der Waals surface area contributed by atoms with Gasteiger partial charge in [0, 0.05) is 37.9 Å². The van der Waals surface area contributed by atoms with E-state index in [1.54, 1.807) is 18.5 Å². The fourth-order valence-electron chi connectivity index (χ4n) is 2.69. The summed E-state index contributed by atoms with van der Waals surface area (Å²) >= 11 is 0. The van der Waals surface area contributed by atoms with Crippen LogP contribution in [0.1, 0.15) is 36.0 Å². The van der Waals surface area contributed by atoms with E-state index < -0.39 is 0 Å². The molecule has 1 aliphatic heterocycles. The molecule has 3 heterocycles. The van der Waals surface area contributed by atoms with Crippen molar-refractivity contribution in [2.45, 2.75) is 32.2 Å². The maximum absolute atomic E-state index is 12.3. The highest BCUT2D eigenvalue weighted by Gasteiger charge is 2.25. The number of aromatic nitrogens is 3. The highest BCUT2D eigenvalue weighted by molar-refractivity contribution is 5.93. The zero-order chi connectivity index (χ0) is 15.4. The Labute approximate surface area is 128 Å². The Hall–Kier alpha value is -2.44. The molecule has 1 unspecified atom stereocenters. The molecule has 1 aliphatic rings. The number of aryl methyl sites for hydroxylation is 1. The van der Waals surface area contributed by atoms with Crippen LogP contribution in [0.4, 0.5) is 5.95 Å². The molecule has 2 aromatic rings. The lowest BCUT2D eigenvalue weighted by Gasteiger charge is -2.32. The Bertz CT molecular complexity index is 628. The van der Waals surface area contributed by atoms with Gasteiger partial charge in [0.05, 0.1) is 0 Å². The molecule has 0 aromatic carbocycles. The minimum Gasteiger partial charge on any atom is -0.448 e. The lowest BCUT2D eigenvalue weighted by atomic mass is 10.1. The van der Waals surface area contributed by atoms with E-state index in [-0.39, 0.29) is 11.9 Å². The molecule has 0 aliphatic carbocycles. The molecule has 22 heavy (non-hydrogen) atoms. The number of anilines is 1. The van der Waals surface area contributed by atoms with Crippen LogP contribution < -0.4 is 10.2 Å². The molecule has 0 bridgehead atoms. The SMILES string of the molecule is CCc1ocnc1C(=O)NC1CCCN(c2ncccn2)C1. The standard InChI is InChI=1S/C15H19N5O2/c1-2-12-13(18-10-22-12)14(21)19-11-5-3-8-20(9-11)15-16-6-4-7-17-15/h4,6-7,10-11H,2-3,5,8-9H2,1H3,(H,19,21). The van der Waals surface area contributed by atoms with E-state index in [9.17, 15) is 4.79 Å². The Kier molecular flexibility index (Phi) is 4.32. The largest absolute Gasteiger partial charge is 0.448 e. The molecule has 116 valence electrons. The van der Waals surface area contributed by atoms with Crippen molar-refractivity contribution >= 4 is 11.9 Å². The summed E-state index contributed by atoms with van der Waals surface area (Å²) in [5, 5.41) is 3.04. The molecular weight excluding hydrogens is 282 g/mol. The zero-order valence-electron chi connectivity index (χ0n) is 12.5. The molecule has 1 N–H and O–H groups in total. The summed E-state index contributed by atoms with van der Waals surface area (Å²) in [6, 6.07) is 1.86. The highest BCUT2D eigenvalue weighted by atomic mass is 16.3. The van der Waals surface area contributed by atoms with Gasteiger partial charge in [-0.2, -0.15) is 0 Å². The van der Waals surface area contributed by atoms with Crippen LogP contribution in [0.15, 0.2) is 29.3 Å². The number of piperidine rings is 1. The van der Waals surface area contributed by atoms with Gasteiger partial charge in [-0.05, 0) is 18.9 Å². The number of nitrogens with one attached hydrogen (secondary N) is 1. The Balaban J connectivity index is 1.64. The van der Waals surface area contributed by atoms with E-state index in [0.717, 1.165) is 19.4 Å². The van der Waals surface area contributed by atoms with Crippen molar-refractivity contribution in [3.63, 3.8) is 0 Å². The summed E-state index contributed by atoms with van der Waals surface area (Å²) in [6.45, 7) is 3.54. The lowest BCUT2D eigenvalue weighted by molar-refractivity contribution is 0.0926. The molecular formula is C15H19N5O2. The Morgan fingerprint density at radius 2 is 2.23 bits per heavy atom. The number of amides is 1. The van der Waals surface area contributed by atoms with Gasteiger partial charge < -0.3 is 14.6 Å². The predicted octanol–water partition coefficient (Wildman–Crippen LogP) is 1.43. The fraction of sp³-hybridized carbons (Fsp3) is 0.467. The molecule has 1 amide bonds. The van der Waals surface area contributed by atoms with Gasteiger partial charge in [-0.3, -0.25) is 4.79 Å². The van der Waals surface area contributed by atoms with Crippen molar-refractivity contribution in [2.75, 3.05) is 18.0 Å². The number of carbonyl (C=O) groups excluding carboxylic acids is 1. The molecule has 1 fully saturated rings. The average molecular weight is 301 g/mol. The van der Waals surface area contributed by atoms with Gasteiger partial charge in [-0.1, -0.05) is 6.92 Å². The first-order valence-electron chi connectivity index (χ1n) is 7.53. The van der Waals surface area contributed by atoms with Crippen LogP contribution in [0.2, 0.25) is 0 Å². The first-order chi connectivity index (χ1) is 10.8. The second kappa shape index (κ2) is 6.55. The van der Waals surface area contributed by atoms with Gasteiger partial charge in [0.2, 0.25) is 5.95 Å². The number of hydrogen-bond donors (Lipinski definition) is 1. The summed E-state index contributed by atoms with van der Waals surface area (Å²) in [6.07, 6.45) is 7.36. The van der Waals surface area contributed by atoms with Crippen molar-refractivity contribution in [2.24, 2.45) is 0 Å². The van der Waals surface area contributed by atoms with E-state index in [1.165, 1.54) is 6.39 Å². The van der Waals surface area contributed by atoms with Gasteiger partial charge in [0.25, 0.3) is 5.91 Å². The van der Waals surface area contributed by atoms with Crippen LogP contribution in [-0.4, -0.2) is 40.0 Å². The normalized spacial score (nSPS) is 18.2. The first kappa shape index (κ1) is 14.5. The maximum atomic E-state index is 12.3. The number of oxazole rings is 1. The lowest BCUT2D eigenvalue weighted by Crippen LogP contribution is -2.48. The van der Waals surface area contributed by atoms with Crippen molar-refractivity contribution in [3.8, 4) is 0 Å². The number of nitrogens with zero attached hydrogens (tertiary/aromatic N) is 4. The summed E-state index contributed by atoms with van der Waals surface area (Å²) in [4.78, 5) is 27.0.